The van der Waals surface area contributed by atoms with Gasteiger partial charge in [0, 0.05) is 12.5 Å². The summed E-state index contributed by atoms with van der Waals surface area (Å²) >= 11 is 0. The molecule has 2 unspecified atom stereocenters. The Bertz CT molecular complexity index is 853. The maximum Gasteiger partial charge on any atom is 0.224 e. The minimum Gasteiger partial charge on any atom is -0.393 e. The van der Waals surface area contributed by atoms with Crippen LogP contribution in [-0.4, -0.2) is 23.7 Å². The summed E-state index contributed by atoms with van der Waals surface area (Å²) in [5, 5.41) is 15.1. The molecule has 0 aliphatic heterocycles. The molecule has 0 spiro atoms. The third kappa shape index (κ3) is 4.70. The molecule has 0 aromatic heterocycles. The average Bonchev–Trinajstić information content (AvgIpc) is 2.66. The third-order valence-electron chi connectivity index (χ3n) is 4.67. The van der Waals surface area contributed by atoms with Crippen molar-refractivity contribution in [3.63, 3.8) is 0 Å². The van der Waals surface area contributed by atoms with Crippen molar-refractivity contribution in [1.82, 2.24) is 5.32 Å². The second-order valence-corrected chi connectivity index (χ2v) is 6.81. The average molecular weight is 347 g/mol. The molecule has 0 radical (unpaired) electrons. The Kier molecular flexibility index (Phi) is 6.03. The smallest absolute Gasteiger partial charge is 0.224 e. The molecule has 0 aliphatic rings. The molecule has 2 N–H and O–H groups in total. The monoisotopic (exact) mass is 347 g/mol. The summed E-state index contributed by atoms with van der Waals surface area (Å²) < 4.78 is 0. The van der Waals surface area contributed by atoms with Crippen LogP contribution < -0.4 is 5.32 Å². The molecule has 1 amide bonds. The van der Waals surface area contributed by atoms with Crippen molar-refractivity contribution in [2.45, 2.75) is 31.8 Å². The highest BCUT2D eigenvalue weighted by molar-refractivity contribution is 5.90. The van der Waals surface area contributed by atoms with Crippen LogP contribution in [0.1, 0.15) is 30.4 Å². The van der Waals surface area contributed by atoms with E-state index in [4.69, 9.17) is 0 Å². The number of benzene rings is 3. The van der Waals surface area contributed by atoms with Crippen LogP contribution in [0, 0.1) is 0 Å². The van der Waals surface area contributed by atoms with E-state index in [0.717, 1.165) is 21.9 Å². The summed E-state index contributed by atoms with van der Waals surface area (Å²) in [5.74, 6) is 0.112. The molecule has 0 saturated carbocycles. The summed E-state index contributed by atoms with van der Waals surface area (Å²) in [6, 6.07) is 24.2. The molecular weight excluding hydrogens is 322 g/mol. The summed E-state index contributed by atoms with van der Waals surface area (Å²) in [5.41, 5.74) is 2.17. The first-order chi connectivity index (χ1) is 12.6. The summed E-state index contributed by atoms with van der Waals surface area (Å²) in [6.45, 7) is 2.31. The van der Waals surface area contributed by atoms with Crippen molar-refractivity contribution >= 4 is 16.7 Å². The summed E-state index contributed by atoms with van der Waals surface area (Å²) in [7, 11) is 0. The number of amides is 1. The Balaban J connectivity index is 1.66. The van der Waals surface area contributed by atoms with Crippen molar-refractivity contribution in [3.05, 3.63) is 83.9 Å². The van der Waals surface area contributed by atoms with Gasteiger partial charge in [-0.25, -0.2) is 0 Å². The van der Waals surface area contributed by atoms with Crippen LogP contribution in [0.4, 0.5) is 0 Å². The largest absolute Gasteiger partial charge is 0.393 e. The third-order valence-corrected chi connectivity index (χ3v) is 4.67. The van der Waals surface area contributed by atoms with Crippen LogP contribution in [0.3, 0.4) is 0 Å². The van der Waals surface area contributed by atoms with E-state index in [-0.39, 0.29) is 11.8 Å². The van der Waals surface area contributed by atoms with E-state index >= 15 is 0 Å². The van der Waals surface area contributed by atoms with Gasteiger partial charge in [-0.3, -0.25) is 4.79 Å². The van der Waals surface area contributed by atoms with E-state index in [1.165, 1.54) is 0 Å². The molecule has 3 aromatic carbocycles. The molecule has 0 fully saturated rings. The number of hydrogen-bond donors (Lipinski definition) is 2. The minimum atomic E-state index is -0.407. The van der Waals surface area contributed by atoms with E-state index in [1.54, 1.807) is 6.92 Å². The number of carbonyl (C=O) groups is 1. The number of hydrogen-bond acceptors (Lipinski definition) is 2. The van der Waals surface area contributed by atoms with Crippen LogP contribution >= 0.6 is 0 Å². The molecule has 0 saturated heterocycles. The Morgan fingerprint density at radius 3 is 2.42 bits per heavy atom. The van der Waals surface area contributed by atoms with Gasteiger partial charge in [0.1, 0.15) is 0 Å². The lowest BCUT2D eigenvalue weighted by molar-refractivity contribution is -0.120. The van der Waals surface area contributed by atoms with Crippen molar-refractivity contribution in [3.8, 4) is 0 Å². The van der Waals surface area contributed by atoms with Crippen LogP contribution in [0.2, 0.25) is 0 Å². The highest BCUT2D eigenvalue weighted by Crippen LogP contribution is 2.21. The van der Waals surface area contributed by atoms with Crippen LogP contribution in [-0.2, 0) is 11.2 Å². The van der Waals surface area contributed by atoms with Gasteiger partial charge in [-0.05, 0) is 35.2 Å². The Labute approximate surface area is 154 Å². The van der Waals surface area contributed by atoms with E-state index < -0.39 is 6.10 Å². The maximum absolute atomic E-state index is 12.5. The molecule has 3 heteroatoms. The van der Waals surface area contributed by atoms with Crippen molar-refractivity contribution in [2.75, 3.05) is 6.54 Å². The van der Waals surface area contributed by atoms with Gasteiger partial charge in [0.15, 0.2) is 0 Å². The maximum atomic E-state index is 12.5. The van der Waals surface area contributed by atoms with Gasteiger partial charge in [-0.1, -0.05) is 72.8 Å². The molecule has 26 heavy (non-hydrogen) atoms. The molecular formula is C23H25NO2. The SMILES string of the molecule is CC(O)CC(CNC(=O)Cc1cccc2ccccc12)c1ccccc1. The van der Waals surface area contributed by atoms with Crippen LogP contribution in [0.15, 0.2) is 72.8 Å². The molecule has 0 heterocycles. The molecule has 0 aliphatic carbocycles. The standard InChI is InChI=1S/C23H25NO2/c1-17(25)14-21(18-8-3-2-4-9-18)16-24-23(26)15-20-12-7-11-19-10-5-6-13-22(19)20/h2-13,17,21,25H,14-16H2,1H3,(H,24,26). The zero-order chi connectivity index (χ0) is 18.4. The Morgan fingerprint density at radius 2 is 1.65 bits per heavy atom. The minimum absolute atomic E-state index is 0.00729. The van der Waals surface area contributed by atoms with E-state index in [1.807, 2.05) is 54.6 Å². The lowest BCUT2D eigenvalue weighted by Gasteiger charge is -2.20. The topological polar surface area (TPSA) is 49.3 Å². The molecule has 0 bridgehead atoms. The summed E-state index contributed by atoms with van der Waals surface area (Å²) in [4.78, 5) is 12.5. The number of aliphatic hydroxyl groups is 1. The highest BCUT2D eigenvalue weighted by Gasteiger charge is 2.16. The fourth-order valence-electron chi connectivity index (χ4n) is 3.39. The number of fused-ring (bicyclic) bond motifs is 1. The van der Waals surface area contributed by atoms with E-state index in [9.17, 15) is 9.90 Å². The van der Waals surface area contributed by atoms with Gasteiger partial charge in [-0.2, -0.15) is 0 Å². The quantitative estimate of drug-likeness (QED) is 0.677. The molecule has 2 atom stereocenters. The van der Waals surface area contributed by atoms with Gasteiger partial charge in [-0.15, -0.1) is 0 Å². The summed E-state index contributed by atoms with van der Waals surface area (Å²) in [6.07, 6.45) is 0.575. The van der Waals surface area contributed by atoms with E-state index in [2.05, 4.69) is 23.5 Å². The fraction of sp³-hybridized carbons (Fsp3) is 0.261. The lowest BCUT2D eigenvalue weighted by atomic mass is 9.93. The van der Waals surface area contributed by atoms with E-state index in [0.29, 0.717) is 19.4 Å². The van der Waals surface area contributed by atoms with Gasteiger partial charge >= 0.3 is 0 Å². The predicted molar refractivity (Wildman–Crippen MR) is 106 cm³/mol. The second-order valence-electron chi connectivity index (χ2n) is 6.81. The number of carbonyl (C=O) groups excluding carboxylic acids is 1. The lowest BCUT2D eigenvalue weighted by Crippen LogP contribution is -2.30. The fourth-order valence-corrected chi connectivity index (χ4v) is 3.39. The predicted octanol–water partition coefficient (Wildman–Crippen LogP) is 4.05. The van der Waals surface area contributed by atoms with Gasteiger partial charge in [0.25, 0.3) is 0 Å². The number of rotatable bonds is 7. The molecule has 3 nitrogen and oxygen atoms in total. The van der Waals surface area contributed by atoms with Gasteiger partial charge in [0.05, 0.1) is 12.5 Å². The zero-order valence-corrected chi connectivity index (χ0v) is 15.1. The first-order valence-electron chi connectivity index (χ1n) is 9.10. The highest BCUT2D eigenvalue weighted by atomic mass is 16.3. The Hall–Kier alpha value is -2.65. The van der Waals surface area contributed by atoms with Crippen LogP contribution in [0.25, 0.3) is 10.8 Å². The Morgan fingerprint density at radius 1 is 0.962 bits per heavy atom. The van der Waals surface area contributed by atoms with Crippen molar-refractivity contribution in [2.24, 2.45) is 0 Å². The first kappa shape index (κ1) is 18.2. The number of aliphatic hydroxyl groups excluding tert-OH is 1. The van der Waals surface area contributed by atoms with Crippen molar-refractivity contribution < 1.29 is 9.90 Å². The first-order valence-corrected chi connectivity index (χ1v) is 9.10. The molecule has 3 aromatic rings. The van der Waals surface area contributed by atoms with Gasteiger partial charge < -0.3 is 10.4 Å². The second kappa shape index (κ2) is 8.63. The van der Waals surface area contributed by atoms with Gasteiger partial charge in [0.2, 0.25) is 5.91 Å². The normalized spacial score (nSPS) is 13.3. The van der Waals surface area contributed by atoms with Crippen molar-refractivity contribution in [1.29, 1.82) is 0 Å². The molecule has 3 rings (SSSR count). The zero-order valence-electron chi connectivity index (χ0n) is 15.1. The van der Waals surface area contributed by atoms with Crippen LogP contribution in [0.5, 0.6) is 0 Å². The number of nitrogens with one attached hydrogen (secondary N) is 1. The molecule has 134 valence electrons.